The molecule has 5 nitrogen and oxygen atoms in total. The first-order valence-electron chi connectivity index (χ1n) is 7.06. The Morgan fingerprint density at radius 2 is 2.10 bits per heavy atom. The molecule has 3 rings (SSSR count). The Morgan fingerprint density at radius 1 is 1.29 bits per heavy atom. The highest BCUT2D eigenvalue weighted by Gasteiger charge is 2.27. The van der Waals surface area contributed by atoms with Crippen LogP contribution in [0.2, 0.25) is 0 Å². The lowest BCUT2D eigenvalue weighted by Crippen LogP contribution is -2.23. The van der Waals surface area contributed by atoms with E-state index in [1.54, 1.807) is 24.5 Å². The summed E-state index contributed by atoms with van der Waals surface area (Å²) in [5, 5.41) is 8.93. The average molecular weight is 283 g/mol. The van der Waals surface area contributed by atoms with E-state index < -0.39 is 5.97 Å². The van der Waals surface area contributed by atoms with Crippen molar-refractivity contribution in [3.05, 3.63) is 59.7 Å². The van der Waals surface area contributed by atoms with Gasteiger partial charge in [-0.05, 0) is 37.1 Å². The van der Waals surface area contributed by atoms with Crippen molar-refractivity contribution in [2.24, 2.45) is 0 Å². The van der Waals surface area contributed by atoms with Crippen LogP contribution in [0, 0.1) is 0 Å². The van der Waals surface area contributed by atoms with Gasteiger partial charge in [0, 0.05) is 25.1 Å². The molecular weight excluding hydrogens is 266 g/mol. The van der Waals surface area contributed by atoms with E-state index in [9.17, 15) is 4.79 Å². The highest BCUT2D eigenvalue weighted by atomic mass is 16.4. The van der Waals surface area contributed by atoms with Gasteiger partial charge in [0.1, 0.15) is 0 Å². The lowest BCUT2D eigenvalue weighted by molar-refractivity contribution is 0.0697. The number of carboxylic acid groups (broad SMARTS) is 1. The third-order valence-electron chi connectivity index (χ3n) is 3.87. The van der Waals surface area contributed by atoms with Gasteiger partial charge in [0.25, 0.3) is 0 Å². The molecule has 1 fully saturated rings. The number of benzene rings is 1. The summed E-state index contributed by atoms with van der Waals surface area (Å²) in [4.78, 5) is 21.8. The number of rotatable bonds is 4. The molecule has 0 bridgehead atoms. The second-order valence-corrected chi connectivity index (χ2v) is 5.26. The summed E-state index contributed by atoms with van der Waals surface area (Å²) in [5.74, 6) is -0.889. The molecule has 1 atom stereocenters. The lowest BCUT2D eigenvalue weighted by atomic mass is 10.1. The molecule has 1 aromatic heterocycles. The molecule has 0 aliphatic carbocycles. The minimum Gasteiger partial charge on any atom is -0.478 e. The van der Waals surface area contributed by atoms with E-state index in [0.717, 1.165) is 37.2 Å². The molecule has 1 saturated heterocycles. The van der Waals surface area contributed by atoms with Gasteiger partial charge in [0.05, 0.1) is 17.3 Å². The summed E-state index contributed by atoms with van der Waals surface area (Å²) >= 11 is 0. The molecule has 0 amide bonds. The van der Waals surface area contributed by atoms with Crippen LogP contribution in [-0.4, -0.2) is 32.5 Å². The topological polar surface area (TPSA) is 66.3 Å². The first-order valence-corrected chi connectivity index (χ1v) is 7.06. The SMILES string of the molecule is O=C(O)c1ccc(CN2CCC[C@@H]2c2cnccn2)cc1. The van der Waals surface area contributed by atoms with Crippen LogP contribution < -0.4 is 0 Å². The molecule has 2 heterocycles. The van der Waals surface area contributed by atoms with Crippen LogP contribution in [0.3, 0.4) is 0 Å². The summed E-state index contributed by atoms with van der Waals surface area (Å²) in [6.45, 7) is 1.84. The van der Waals surface area contributed by atoms with Crippen molar-refractivity contribution in [1.29, 1.82) is 0 Å². The Balaban J connectivity index is 1.73. The molecule has 0 spiro atoms. The van der Waals surface area contributed by atoms with Crippen LogP contribution in [0.25, 0.3) is 0 Å². The van der Waals surface area contributed by atoms with Crippen LogP contribution in [0.4, 0.5) is 0 Å². The van der Waals surface area contributed by atoms with Gasteiger partial charge >= 0.3 is 5.97 Å². The van der Waals surface area contributed by atoms with Gasteiger partial charge in [-0.25, -0.2) is 4.79 Å². The molecule has 2 aromatic rings. The van der Waals surface area contributed by atoms with Gasteiger partial charge in [-0.15, -0.1) is 0 Å². The van der Waals surface area contributed by atoms with E-state index in [-0.39, 0.29) is 0 Å². The number of likely N-dealkylation sites (tertiary alicyclic amines) is 1. The zero-order valence-corrected chi connectivity index (χ0v) is 11.6. The third-order valence-corrected chi connectivity index (χ3v) is 3.87. The maximum absolute atomic E-state index is 10.9. The van der Waals surface area contributed by atoms with E-state index in [2.05, 4.69) is 14.9 Å². The monoisotopic (exact) mass is 283 g/mol. The molecule has 0 saturated carbocycles. The van der Waals surface area contributed by atoms with Gasteiger partial charge in [-0.3, -0.25) is 14.9 Å². The lowest BCUT2D eigenvalue weighted by Gasteiger charge is -2.23. The molecule has 21 heavy (non-hydrogen) atoms. The number of hydrogen-bond acceptors (Lipinski definition) is 4. The van der Waals surface area contributed by atoms with Crippen molar-refractivity contribution in [2.45, 2.75) is 25.4 Å². The smallest absolute Gasteiger partial charge is 0.335 e. The van der Waals surface area contributed by atoms with Crippen LogP contribution in [-0.2, 0) is 6.54 Å². The molecule has 1 aliphatic heterocycles. The van der Waals surface area contributed by atoms with Crippen molar-refractivity contribution in [1.82, 2.24) is 14.9 Å². The standard InChI is InChI=1S/C16H17N3O2/c20-16(21)13-5-3-12(4-6-13)11-19-9-1-2-15(19)14-10-17-7-8-18-14/h3-8,10,15H,1-2,9,11H2,(H,20,21)/t15-/m1/s1. The van der Waals surface area contributed by atoms with Crippen molar-refractivity contribution in [2.75, 3.05) is 6.54 Å². The minimum atomic E-state index is -0.889. The number of carbonyl (C=O) groups is 1. The quantitative estimate of drug-likeness (QED) is 0.934. The maximum atomic E-state index is 10.9. The van der Waals surface area contributed by atoms with E-state index >= 15 is 0 Å². The zero-order valence-electron chi connectivity index (χ0n) is 11.6. The van der Waals surface area contributed by atoms with Crippen LogP contribution in [0.5, 0.6) is 0 Å². The fraction of sp³-hybridized carbons (Fsp3) is 0.312. The number of hydrogen-bond donors (Lipinski definition) is 1. The maximum Gasteiger partial charge on any atom is 0.335 e. The van der Waals surface area contributed by atoms with Gasteiger partial charge in [-0.1, -0.05) is 12.1 Å². The Labute approximate surface area is 123 Å². The number of nitrogens with zero attached hydrogens (tertiary/aromatic N) is 3. The summed E-state index contributed by atoms with van der Waals surface area (Å²) in [5.41, 5.74) is 2.46. The van der Waals surface area contributed by atoms with E-state index in [0.29, 0.717) is 11.6 Å². The molecule has 1 N–H and O–H groups in total. The van der Waals surface area contributed by atoms with Gasteiger partial charge in [-0.2, -0.15) is 0 Å². The Hall–Kier alpha value is -2.27. The first-order chi connectivity index (χ1) is 10.2. The molecule has 108 valence electrons. The van der Waals surface area contributed by atoms with Crippen molar-refractivity contribution in [3.63, 3.8) is 0 Å². The molecule has 0 unspecified atom stereocenters. The summed E-state index contributed by atoms with van der Waals surface area (Å²) in [7, 11) is 0. The summed E-state index contributed by atoms with van der Waals surface area (Å²) in [6.07, 6.45) is 7.48. The first kappa shape index (κ1) is 13.7. The molecule has 1 aromatic carbocycles. The highest BCUT2D eigenvalue weighted by molar-refractivity contribution is 5.87. The normalized spacial score (nSPS) is 18.8. The second kappa shape index (κ2) is 6.01. The Bertz CT molecular complexity index is 613. The van der Waals surface area contributed by atoms with Crippen LogP contribution >= 0.6 is 0 Å². The number of carboxylic acids is 1. The Kier molecular flexibility index (Phi) is 3.92. The Morgan fingerprint density at radius 3 is 2.76 bits per heavy atom. The predicted octanol–water partition coefficient (Wildman–Crippen LogP) is 2.51. The average Bonchev–Trinajstić information content (AvgIpc) is 2.97. The summed E-state index contributed by atoms with van der Waals surface area (Å²) < 4.78 is 0. The molecule has 5 heteroatoms. The second-order valence-electron chi connectivity index (χ2n) is 5.26. The van der Waals surface area contributed by atoms with Crippen molar-refractivity contribution in [3.8, 4) is 0 Å². The molecule has 1 aliphatic rings. The van der Waals surface area contributed by atoms with Crippen LogP contribution in [0.1, 0.15) is 40.5 Å². The number of aromatic carboxylic acids is 1. The fourth-order valence-corrected chi connectivity index (χ4v) is 2.82. The minimum absolute atomic E-state index is 0.304. The van der Waals surface area contributed by atoms with E-state index in [1.165, 1.54) is 0 Å². The molecular formula is C16H17N3O2. The highest BCUT2D eigenvalue weighted by Crippen LogP contribution is 2.31. The molecule has 0 radical (unpaired) electrons. The van der Waals surface area contributed by atoms with E-state index in [1.807, 2.05) is 18.3 Å². The van der Waals surface area contributed by atoms with Gasteiger partial charge in [0.15, 0.2) is 0 Å². The largest absolute Gasteiger partial charge is 0.478 e. The van der Waals surface area contributed by atoms with Gasteiger partial charge < -0.3 is 5.11 Å². The number of aromatic nitrogens is 2. The fourth-order valence-electron chi connectivity index (χ4n) is 2.82. The zero-order chi connectivity index (χ0) is 14.7. The third kappa shape index (κ3) is 3.08. The van der Waals surface area contributed by atoms with Crippen molar-refractivity contribution < 1.29 is 9.90 Å². The van der Waals surface area contributed by atoms with E-state index in [4.69, 9.17) is 5.11 Å². The van der Waals surface area contributed by atoms with Crippen molar-refractivity contribution >= 4 is 5.97 Å². The predicted molar refractivity (Wildman–Crippen MR) is 77.8 cm³/mol. The summed E-state index contributed by atoms with van der Waals surface area (Å²) in [6, 6.07) is 7.39. The van der Waals surface area contributed by atoms with Gasteiger partial charge in [0.2, 0.25) is 0 Å². The van der Waals surface area contributed by atoms with Crippen LogP contribution in [0.15, 0.2) is 42.9 Å².